The van der Waals surface area contributed by atoms with Crippen molar-refractivity contribution in [2.24, 2.45) is 0 Å². The summed E-state index contributed by atoms with van der Waals surface area (Å²) in [5, 5.41) is 6.72. The van der Waals surface area contributed by atoms with Crippen LogP contribution in [-0.4, -0.2) is 29.5 Å². The van der Waals surface area contributed by atoms with Crippen LogP contribution in [0.3, 0.4) is 0 Å². The fourth-order valence-corrected chi connectivity index (χ4v) is 2.66. The maximum Gasteiger partial charge on any atom is 0.107 e. The van der Waals surface area contributed by atoms with Gasteiger partial charge in [0.2, 0.25) is 0 Å². The minimum absolute atomic E-state index is 0.918. The third-order valence-electron chi connectivity index (χ3n) is 2.71. The second kappa shape index (κ2) is 5.58. The molecule has 0 amide bonds. The average Bonchev–Trinajstić information content (AvgIpc) is 2.87. The smallest absolute Gasteiger partial charge is 0.107 e. The van der Waals surface area contributed by atoms with Crippen LogP contribution < -0.4 is 5.32 Å². The standard InChI is InChI=1S/C11H19N3S/c1-2-12-7-11-13-10(9-15-11)8-14-5-3-4-6-14/h9,12H,2-8H2,1H3. The highest BCUT2D eigenvalue weighted by atomic mass is 32.1. The monoisotopic (exact) mass is 225 g/mol. The highest BCUT2D eigenvalue weighted by molar-refractivity contribution is 7.09. The molecule has 1 saturated heterocycles. The third kappa shape index (κ3) is 3.26. The Bertz CT molecular complexity index is 292. The summed E-state index contributed by atoms with van der Waals surface area (Å²) in [6, 6.07) is 0. The van der Waals surface area contributed by atoms with E-state index in [1.807, 2.05) is 0 Å². The Hall–Kier alpha value is -0.450. The second-order valence-electron chi connectivity index (χ2n) is 4.00. The zero-order chi connectivity index (χ0) is 10.5. The Kier molecular flexibility index (Phi) is 4.11. The number of nitrogens with zero attached hydrogens (tertiary/aromatic N) is 2. The van der Waals surface area contributed by atoms with Gasteiger partial charge < -0.3 is 5.32 Å². The number of rotatable bonds is 5. The van der Waals surface area contributed by atoms with Gasteiger partial charge in [-0.25, -0.2) is 4.98 Å². The number of hydrogen-bond donors (Lipinski definition) is 1. The third-order valence-corrected chi connectivity index (χ3v) is 3.61. The molecule has 1 fully saturated rings. The van der Waals surface area contributed by atoms with Crippen molar-refractivity contribution in [3.63, 3.8) is 0 Å². The molecule has 0 saturated carbocycles. The quantitative estimate of drug-likeness (QED) is 0.829. The normalized spacial score (nSPS) is 17.4. The first-order valence-electron chi connectivity index (χ1n) is 5.75. The first-order valence-corrected chi connectivity index (χ1v) is 6.63. The van der Waals surface area contributed by atoms with E-state index in [-0.39, 0.29) is 0 Å². The van der Waals surface area contributed by atoms with Gasteiger partial charge in [-0.1, -0.05) is 6.92 Å². The number of likely N-dealkylation sites (tertiary alicyclic amines) is 1. The van der Waals surface area contributed by atoms with E-state index in [9.17, 15) is 0 Å². The van der Waals surface area contributed by atoms with Crippen LogP contribution in [0.4, 0.5) is 0 Å². The Morgan fingerprint density at radius 1 is 1.47 bits per heavy atom. The fraction of sp³-hybridized carbons (Fsp3) is 0.727. The first kappa shape index (κ1) is 11.0. The Morgan fingerprint density at radius 3 is 3.00 bits per heavy atom. The van der Waals surface area contributed by atoms with E-state index < -0.39 is 0 Å². The first-order chi connectivity index (χ1) is 7.38. The highest BCUT2D eigenvalue weighted by Crippen LogP contribution is 2.15. The van der Waals surface area contributed by atoms with E-state index in [0.29, 0.717) is 0 Å². The molecule has 0 aliphatic carbocycles. The fourth-order valence-electron chi connectivity index (χ4n) is 1.90. The van der Waals surface area contributed by atoms with Crippen LogP contribution in [0.25, 0.3) is 0 Å². The van der Waals surface area contributed by atoms with Gasteiger partial charge in [0.1, 0.15) is 5.01 Å². The molecule has 0 unspecified atom stereocenters. The molecule has 15 heavy (non-hydrogen) atoms. The van der Waals surface area contributed by atoms with Gasteiger partial charge >= 0.3 is 0 Å². The maximum atomic E-state index is 4.63. The lowest BCUT2D eigenvalue weighted by atomic mass is 10.4. The molecule has 0 aromatic carbocycles. The van der Waals surface area contributed by atoms with Crippen molar-refractivity contribution < 1.29 is 0 Å². The van der Waals surface area contributed by atoms with Gasteiger partial charge in [-0.15, -0.1) is 11.3 Å². The van der Waals surface area contributed by atoms with E-state index in [0.717, 1.165) is 19.6 Å². The summed E-state index contributed by atoms with van der Waals surface area (Å²) < 4.78 is 0. The van der Waals surface area contributed by atoms with Gasteiger partial charge in [0.25, 0.3) is 0 Å². The van der Waals surface area contributed by atoms with Gasteiger partial charge in [-0.2, -0.15) is 0 Å². The number of thiazole rings is 1. The van der Waals surface area contributed by atoms with Gasteiger partial charge in [-0.05, 0) is 32.5 Å². The molecule has 3 nitrogen and oxygen atoms in total. The minimum Gasteiger partial charge on any atom is -0.311 e. The molecule has 1 aromatic rings. The molecule has 1 aliphatic rings. The molecule has 0 spiro atoms. The summed E-state index contributed by atoms with van der Waals surface area (Å²) in [4.78, 5) is 7.12. The van der Waals surface area contributed by atoms with Crippen LogP contribution in [0, 0.1) is 0 Å². The van der Waals surface area contributed by atoms with Crippen LogP contribution in [0.5, 0.6) is 0 Å². The van der Waals surface area contributed by atoms with Crippen LogP contribution in [-0.2, 0) is 13.1 Å². The highest BCUT2D eigenvalue weighted by Gasteiger charge is 2.13. The summed E-state index contributed by atoms with van der Waals surface area (Å²) >= 11 is 1.77. The summed E-state index contributed by atoms with van der Waals surface area (Å²) in [6.45, 7) is 7.60. The Morgan fingerprint density at radius 2 is 2.27 bits per heavy atom. The molecular weight excluding hydrogens is 206 g/mol. The van der Waals surface area contributed by atoms with Crippen molar-refractivity contribution in [2.75, 3.05) is 19.6 Å². The summed E-state index contributed by atoms with van der Waals surface area (Å²) in [5.74, 6) is 0. The zero-order valence-electron chi connectivity index (χ0n) is 9.33. The van der Waals surface area contributed by atoms with E-state index in [2.05, 4.69) is 27.5 Å². The average molecular weight is 225 g/mol. The lowest BCUT2D eigenvalue weighted by Crippen LogP contribution is -2.18. The number of hydrogen-bond acceptors (Lipinski definition) is 4. The van der Waals surface area contributed by atoms with E-state index in [1.54, 1.807) is 11.3 Å². The zero-order valence-corrected chi connectivity index (χ0v) is 10.1. The topological polar surface area (TPSA) is 28.2 Å². The van der Waals surface area contributed by atoms with Crippen LogP contribution >= 0.6 is 11.3 Å². The molecule has 0 radical (unpaired) electrons. The van der Waals surface area contributed by atoms with Crippen molar-refractivity contribution >= 4 is 11.3 Å². The second-order valence-corrected chi connectivity index (χ2v) is 4.94. The molecule has 4 heteroatoms. The lowest BCUT2D eigenvalue weighted by Gasteiger charge is -2.11. The van der Waals surface area contributed by atoms with Crippen LogP contribution in [0.1, 0.15) is 30.5 Å². The minimum atomic E-state index is 0.918. The largest absolute Gasteiger partial charge is 0.311 e. The maximum absolute atomic E-state index is 4.63. The van der Waals surface area contributed by atoms with Gasteiger partial charge in [0, 0.05) is 18.5 Å². The summed E-state index contributed by atoms with van der Waals surface area (Å²) in [6.07, 6.45) is 2.71. The summed E-state index contributed by atoms with van der Waals surface area (Å²) in [7, 11) is 0. The Balaban J connectivity index is 1.83. The molecule has 0 bridgehead atoms. The van der Waals surface area contributed by atoms with Gasteiger partial charge in [0.15, 0.2) is 0 Å². The van der Waals surface area contributed by atoms with E-state index >= 15 is 0 Å². The van der Waals surface area contributed by atoms with Crippen molar-refractivity contribution in [3.8, 4) is 0 Å². The van der Waals surface area contributed by atoms with Gasteiger partial charge in [0.05, 0.1) is 5.69 Å². The SMILES string of the molecule is CCNCc1nc(CN2CCCC2)cs1. The molecule has 2 rings (SSSR count). The van der Waals surface area contributed by atoms with Crippen molar-refractivity contribution in [1.29, 1.82) is 0 Å². The molecule has 1 aliphatic heterocycles. The molecule has 1 aromatic heterocycles. The van der Waals surface area contributed by atoms with Crippen molar-refractivity contribution in [2.45, 2.75) is 32.9 Å². The van der Waals surface area contributed by atoms with Crippen LogP contribution in [0.15, 0.2) is 5.38 Å². The number of aromatic nitrogens is 1. The molecule has 0 atom stereocenters. The summed E-state index contributed by atoms with van der Waals surface area (Å²) in [5.41, 5.74) is 1.25. The van der Waals surface area contributed by atoms with E-state index in [4.69, 9.17) is 0 Å². The van der Waals surface area contributed by atoms with Crippen molar-refractivity contribution in [3.05, 3.63) is 16.1 Å². The molecular formula is C11H19N3S. The molecule has 1 N–H and O–H groups in total. The molecule has 84 valence electrons. The molecule has 2 heterocycles. The Labute approximate surface area is 95.5 Å². The predicted octanol–water partition coefficient (Wildman–Crippen LogP) is 1.85. The number of nitrogens with one attached hydrogen (secondary N) is 1. The lowest BCUT2D eigenvalue weighted by molar-refractivity contribution is 0.327. The predicted molar refractivity (Wildman–Crippen MR) is 64.0 cm³/mol. The van der Waals surface area contributed by atoms with E-state index in [1.165, 1.54) is 36.6 Å². The van der Waals surface area contributed by atoms with Gasteiger partial charge in [-0.3, -0.25) is 4.90 Å². The van der Waals surface area contributed by atoms with Crippen molar-refractivity contribution in [1.82, 2.24) is 15.2 Å². The van der Waals surface area contributed by atoms with Crippen LogP contribution in [0.2, 0.25) is 0 Å².